The van der Waals surface area contributed by atoms with Gasteiger partial charge in [0.25, 0.3) is 0 Å². The summed E-state index contributed by atoms with van der Waals surface area (Å²) in [6.45, 7) is 2.66. The van der Waals surface area contributed by atoms with Gasteiger partial charge in [-0.05, 0) is 36.8 Å². The van der Waals surface area contributed by atoms with Gasteiger partial charge in [0, 0.05) is 22.9 Å². The van der Waals surface area contributed by atoms with Gasteiger partial charge in [-0.1, -0.05) is 18.2 Å². The van der Waals surface area contributed by atoms with Crippen LogP contribution < -0.4 is 11.5 Å². The quantitative estimate of drug-likeness (QED) is 0.593. The molecule has 0 saturated carbocycles. The maximum absolute atomic E-state index is 11.9. The minimum Gasteiger partial charge on any atom is -0.408 e. The lowest BCUT2D eigenvalue weighted by molar-refractivity contribution is 0.514. The zero-order valence-electron chi connectivity index (χ0n) is 11.7. The van der Waals surface area contributed by atoms with E-state index in [-0.39, 0.29) is 5.76 Å². The van der Waals surface area contributed by atoms with Gasteiger partial charge in [-0.3, -0.25) is 4.57 Å². The van der Waals surface area contributed by atoms with Crippen LogP contribution in [0.3, 0.4) is 0 Å². The third kappa shape index (κ3) is 2.83. The summed E-state index contributed by atoms with van der Waals surface area (Å²) in [6.07, 6.45) is 0. The molecule has 0 bridgehead atoms. The zero-order chi connectivity index (χ0) is 14.8. The molecular formula is C16H16N2O2S. The van der Waals surface area contributed by atoms with Gasteiger partial charge in [-0.15, -0.1) is 11.8 Å². The predicted octanol–water partition coefficient (Wildman–Crippen LogP) is 3.28. The van der Waals surface area contributed by atoms with E-state index in [2.05, 4.69) is 6.92 Å². The third-order valence-electron chi connectivity index (χ3n) is 3.36. The Morgan fingerprint density at radius 1 is 1.24 bits per heavy atom. The molecule has 21 heavy (non-hydrogen) atoms. The maximum Gasteiger partial charge on any atom is 0.419 e. The molecule has 0 amide bonds. The Hall–Kier alpha value is -2.14. The minimum absolute atomic E-state index is 0.305. The van der Waals surface area contributed by atoms with Crippen LogP contribution in [0, 0.1) is 6.92 Å². The van der Waals surface area contributed by atoms with Gasteiger partial charge in [0.1, 0.15) is 0 Å². The van der Waals surface area contributed by atoms with Crippen molar-refractivity contribution in [3.8, 4) is 0 Å². The molecule has 3 rings (SSSR count). The largest absolute Gasteiger partial charge is 0.419 e. The van der Waals surface area contributed by atoms with Crippen molar-refractivity contribution in [3.05, 3.63) is 58.6 Å². The SMILES string of the molecule is Cc1ccc(N)cc1SCCn1c(=O)oc2ccccc21. The monoisotopic (exact) mass is 300 g/mol. The highest BCUT2D eigenvalue weighted by atomic mass is 32.2. The van der Waals surface area contributed by atoms with Crippen molar-refractivity contribution in [3.63, 3.8) is 0 Å². The fourth-order valence-electron chi connectivity index (χ4n) is 2.24. The van der Waals surface area contributed by atoms with Gasteiger partial charge < -0.3 is 10.2 Å². The Kier molecular flexibility index (Phi) is 3.75. The molecular weight excluding hydrogens is 284 g/mol. The molecule has 5 heteroatoms. The lowest BCUT2D eigenvalue weighted by Crippen LogP contribution is -2.15. The van der Waals surface area contributed by atoms with Crippen molar-refractivity contribution < 1.29 is 4.42 Å². The van der Waals surface area contributed by atoms with Crippen LogP contribution in [0.4, 0.5) is 5.69 Å². The van der Waals surface area contributed by atoms with Crippen molar-refractivity contribution >= 4 is 28.5 Å². The molecule has 0 atom stereocenters. The Balaban J connectivity index is 1.77. The highest BCUT2D eigenvalue weighted by Crippen LogP contribution is 2.25. The Bertz CT molecular complexity index is 836. The van der Waals surface area contributed by atoms with E-state index in [1.807, 2.05) is 42.5 Å². The summed E-state index contributed by atoms with van der Waals surface area (Å²) >= 11 is 1.70. The van der Waals surface area contributed by atoms with Crippen LogP contribution in [0.2, 0.25) is 0 Å². The van der Waals surface area contributed by atoms with E-state index in [1.165, 1.54) is 5.56 Å². The first-order valence-corrected chi connectivity index (χ1v) is 7.71. The summed E-state index contributed by atoms with van der Waals surface area (Å²) in [7, 11) is 0. The summed E-state index contributed by atoms with van der Waals surface area (Å²) in [5.74, 6) is 0.481. The number of benzene rings is 2. The number of rotatable bonds is 4. The van der Waals surface area contributed by atoms with Gasteiger partial charge in [-0.25, -0.2) is 4.79 Å². The van der Waals surface area contributed by atoms with Gasteiger partial charge in [0.15, 0.2) is 5.58 Å². The number of thioether (sulfide) groups is 1. The topological polar surface area (TPSA) is 61.2 Å². The number of hydrogen-bond acceptors (Lipinski definition) is 4. The molecule has 0 radical (unpaired) electrons. The Labute approximate surface area is 126 Å². The second-order valence-electron chi connectivity index (χ2n) is 4.86. The number of nitrogens with two attached hydrogens (primary N) is 1. The summed E-state index contributed by atoms with van der Waals surface area (Å²) in [5.41, 5.74) is 9.23. The van der Waals surface area contributed by atoms with Crippen molar-refractivity contribution in [2.45, 2.75) is 18.4 Å². The Morgan fingerprint density at radius 2 is 2.05 bits per heavy atom. The molecule has 108 valence electrons. The predicted molar refractivity (Wildman–Crippen MR) is 86.8 cm³/mol. The number of aromatic nitrogens is 1. The average molecular weight is 300 g/mol. The van der Waals surface area contributed by atoms with Crippen LogP contribution in [0.15, 0.2) is 56.6 Å². The van der Waals surface area contributed by atoms with Gasteiger partial charge >= 0.3 is 5.76 Å². The van der Waals surface area contributed by atoms with Crippen molar-refractivity contribution in [2.24, 2.45) is 0 Å². The van der Waals surface area contributed by atoms with Crippen LogP contribution in [0.5, 0.6) is 0 Å². The van der Waals surface area contributed by atoms with Crippen molar-refractivity contribution in [2.75, 3.05) is 11.5 Å². The van der Waals surface area contributed by atoms with Crippen LogP contribution >= 0.6 is 11.8 Å². The number of nitrogens with zero attached hydrogens (tertiary/aromatic N) is 1. The lowest BCUT2D eigenvalue weighted by Gasteiger charge is -2.07. The van der Waals surface area contributed by atoms with Crippen LogP contribution in [0.1, 0.15) is 5.56 Å². The molecule has 4 nitrogen and oxygen atoms in total. The van der Waals surface area contributed by atoms with Gasteiger partial charge in [0.05, 0.1) is 5.52 Å². The van der Waals surface area contributed by atoms with E-state index >= 15 is 0 Å². The third-order valence-corrected chi connectivity index (χ3v) is 4.50. The highest BCUT2D eigenvalue weighted by molar-refractivity contribution is 7.99. The molecule has 0 fully saturated rings. The van der Waals surface area contributed by atoms with Crippen LogP contribution in [-0.2, 0) is 6.54 Å². The average Bonchev–Trinajstić information content (AvgIpc) is 2.79. The molecule has 3 aromatic rings. The first kappa shape index (κ1) is 13.8. The number of nitrogen functional groups attached to an aromatic ring is 1. The molecule has 0 unspecified atom stereocenters. The smallest absolute Gasteiger partial charge is 0.408 e. The van der Waals surface area contributed by atoms with E-state index in [0.717, 1.165) is 21.9 Å². The number of aryl methyl sites for hydroxylation is 2. The second-order valence-corrected chi connectivity index (χ2v) is 6.00. The fourth-order valence-corrected chi connectivity index (χ4v) is 3.25. The lowest BCUT2D eigenvalue weighted by atomic mass is 10.2. The molecule has 1 heterocycles. The first-order valence-electron chi connectivity index (χ1n) is 6.72. The summed E-state index contributed by atoms with van der Waals surface area (Å²) in [5, 5.41) is 0. The molecule has 2 N–H and O–H groups in total. The van der Waals surface area contributed by atoms with Gasteiger partial charge in [-0.2, -0.15) is 0 Å². The minimum atomic E-state index is -0.305. The van der Waals surface area contributed by atoms with E-state index in [0.29, 0.717) is 12.1 Å². The van der Waals surface area contributed by atoms with E-state index in [4.69, 9.17) is 10.2 Å². The highest BCUT2D eigenvalue weighted by Gasteiger charge is 2.08. The Morgan fingerprint density at radius 3 is 2.90 bits per heavy atom. The summed E-state index contributed by atoms with van der Waals surface area (Å²) in [6, 6.07) is 13.4. The number of hydrogen-bond donors (Lipinski definition) is 1. The first-order chi connectivity index (χ1) is 10.1. The fraction of sp³-hybridized carbons (Fsp3) is 0.188. The number of para-hydroxylation sites is 2. The van der Waals surface area contributed by atoms with Crippen molar-refractivity contribution in [1.82, 2.24) is 4.57 Å². The molecule has 0 aliphatic carbocycles. The molecule has 0 aliphatic heterocycles. The summed E-state index contributed by atoms with van der Waals surface area (Å²) < 4.78 is 6.89. The van der Waals surface area contributed by atoms with E-state index in [1.54, 1.807) is 16.3 Å². The molecule has 0 saturated heterocycles. The van der Waals surface area contributed by atoms with Crippen LogP contribution in [-0.4, -0.2) is 10.3 Å². The zero-order valence-corrected chi connectivity index (χ0v) is 12.5. The standard InChI is InChI=1S/C16H16N2O2S/c1-11-6-7-12(17)10-15(11)21-9-8-18-13-4-2-3-5-14(13)20-16(18)19/h2-7,10H,8-9,17H2,1H3. The molecule has 1 aromatic heterocycles. The second kappa shape index (κ2) is 5.69. The summed E-state index contributed by atoms with van der Waals surface area (Å²) in [4.78, 5) is 13.0. The maximum atomic E-state index is 11.9. The van der Waals surface area contributed by atoms with E-state index < -0.39 is 0 Å². The van der Waals surface area contributed by atoms with Crippen LogP contribution in [0.25, 0.3) is 11.1 Å². The molecule has 0 aliphatic rings. The van der Waals surface area contributed by atoms with E-state index in [9.17, 15) is 4.79 Å². The molecule has 2 aromatic carbocycles. The number of anilines is 1. The van der Waals surface area contributed by atoms with Gasteiger partial charge in [0.2, 0.25) is 0 Å². The molecule has 0 spiro atoms. The number of oxazole rings is 1. The van der Waals surface area contributed by atoms with Crippen molar-refractivity contribution in [1.29, 1.82) is 0 Å². The normalized spacial score (nSPS) is 11.1. The number of fused-ring (bicyclic) bond motifs is 1.